The van der Waals surface area contributed by atoms with Crippen LogP contribution in [-0.4, -0.2) is 45.2 Å². The summed E-state index contributed by atoms with van der Waals surface area (Å²) in [6.07, 6.45) is 4.82. The zero-order valence-electron chi connectivity index (χ0n) is 14.4. The first-order valence-electron chi connectivity index (χ1n) is 8.54. The summed E-state index contributed by atoms with van der Waals surface area (Å²) >= 11 is 0. The van der Waals surface area contributed by atoms with Crippen LogP contribution >= 0.6 is 0 Å². The lowest BCUT2D eigenvalue weighted by Gasteiger charge is -2.18. The molecule has 1 aromatic heterocycles. The van der Waals surface area contributed by atoms with Gasteiger partial charge in [0.25, 0.3) is 0 Å². The highest BCUT2D eigenvalue weighted by molar-refractivity contribution is 5.72. The van der Waals surface area contributed by atoms with E-state index in [1.165, 1.54) is 11.1 Å². The van der Waals surface area contributed by atoms with Gasteiger partial charge in [0.2, 0.25) is 0 Å². The van der Waals surface area contributed by atoms with Crippen LogP contribution in [0.15, 0.2) is 36.7 Å². The van der Waals surface area contributed by atoms with Crippen LogP contribution in [0.5, 0.6) is 0 Å². The lowest BCUT2D eigenvalue weighted by molar-refractivity contribution is -0.141. The van der Waals surface area contributed by atoms with E-state index < -0.39 is 5.97 Å². The van der Waals surface area contributed by atoms with Gasteiger partial charge in [0.15, 0.2) is 0 Å². The van der Waals surface area contributed by atoms with Crippen LogP contribution in [0.1, 0.15) is 29.3 Å². The highest BCUT2D eigenvalue weighted by atomic mass is 16.4. The lowest BCUT2D eigenvalue weighted by atomic mass is 9.86. The van der Waals surface area contributed by atoms with Gasteiger partial charge in [-0.2, -0.15) is 0 Å². The van der Waals surface area contributed by atoms with Crippen LogP contribution in [0.25, 0.3) is 0 Å². The minimum atomic E-state index is -0.684. The van der Waals surface area contributed by atoms with Crippen molar-refractivity contribution in [3.63, 3.8) is 0 Å². The number of hydrogen-bond donors (Lipinski definition) is 1. The molecule has 2 aromatic rings. The van der Waals surface area contributed by atoms with Crippen molar-refractivity contribution < 1.29 is 9.90 Å². The normalized spacial score (nSPS) is 21.2. The second-order valence-electron chi connectivity index (χ2n) is 6.69. The van der Waals surface area contributed by atoms with Crippen LogP contribution in [0.2, 0.25) is 0 Å². The van der Waals surface area contributed by atoms with Crippen LogP contribution in [0, 0.1) is 19.8 Å². The Kier molecular flexibility index (Phi) is 5.00. The van der Waals surface area contributed by atoms with E-state index in [4.69, 9.17) is 0 Å². The first-order chi connectivity index (χ1) is 11.6. The number of likely N-dealkylation sites (tertiary alicyclic amines) is 1. The molecule has 1 aromatic carbocycles. The topological polar surface area (TPSA) is 58.4 Å². The van der Waals surface area contributed by atoms with E-state index in [1.54, 1.807) is 0 Å². The molecule has 24 heavy (non-hydrogen) atoms. The predicted octanol–water partition coefficient (Wildman–Crippen LogP) is 2.69. The van der Waals surface area contributed by atoms with Crippen molar-refractivity contribution in [2.75, 3.05) is 19.6 Å². The van der Waals surface area contributed by atoms with Crippen LogP contribution < -0.4 is 0 Å². The third-order valence-corrected chi connectivity index (χ3v) is 5.10. The van der Waals surface area contributed by atoms with E-state index >= 15 is 0 Å². The first kappa shape index (κ1) is 16.7. The summed E-state index contributed by atoms with van der Waals surface area (Å²) in [6, 6.07) is 8.16. The van der Waals surface area contributed by atoms with Crippen molar-refractivity contribution in [1.29, 1.82) is 0 Å². The number of carboxylic acids is 1. The number of benzene rings is 1. The van der Waals surface area contributed by atoms with Gasteiger partial charge < -0.3 is 14.6 Å². The fourth-order valence-electron chi connectivity index (χ4n) is 3.74. The van der Waals surface area contributed by atoms with Gasteiger partial charge in [0.05, 0.1) is 5.92 Å². The smallest absolute Gasteiger partial charge is 0.308 e. The van der Waals surface area contributed by atoms with Crippen LogP contribution in [0.3, 0.4) is 0 Å². The molecule has 0 amide bonds. The molecule has 0 unspecified atom stereocenters. The van der Waals surface area contributed by atoms with E-state index in [9.17, 15) is 9.90 Å². The van der Waals surface area contributed by atoms with Crippen molar-refractivity contribution in [3.8, 4) is 0 Å². The molecule has 0 bridgehead atoms. The third kappa shape index (κ3) is 3.51. The van der Waals surface area contributed by atoms with E-state index in [-0.39, 0.29) is 11.8 Å². The molecule has 1 aliphatic heterocycles. The molecule has 0 aliphatic carbocycles. The zero-order valence-corrected chi connectivity index (χ0v) is 14.4. The number of hydrogen-bond acceptors (Lipinski definition) is 3. The number of aromatic nitrogens is 2. The zero-order chi connectivity index (χ0) is 17.1. The molecule has 1 saturated heterocycles. The first-order valence-corrected chi connectivity index (χ1v) is 8.54. The maximum Gasteiger partial charge on any atom is 0.308 e. The molecule has 0 spiro atoms. The summed E-state index contributed by atoms with van der Waals surface area (Å²) < 4.78 is 2.14. The number of aliphatic carboxylic acids is 1. The molecule has 2 heterocycles. The maximum absolute atomic E-state index is 11.7. The fourth-order valence-corrected chi connectivity index (χ4v) is 3.74. The van der Waals surface area contributed by atoms with Gasteiger partial charge in [0, 0.05) is 37.9 Å². The molecule has 0 saturated carbocycles. The SMILES string of the molecule is Cc1ccccc1[C@H]1CN(CCCn2ccnc2C)C[C@@H]1C(=O)O. The number of aryl methyl sites for hydroxylation is 3. The van der Waals surface area contributed by atoms with Crippen molar-refractivity contribution in [1.82, 2.24) is 14.5 Å². The number of carbonyl (C=O) groups is 1. The minimum absolute atomic E-state index is 0.0821. The van der Waals surface area contributed by atoms with Gasteiger partial charge >= 0.3 is 5.97 Å². The molecule has 5 heteroatoms. The molecule has 5 nitrogen and oxygen atoms in total. The summed E-state index contributed by atoms with van der Waals surface area (Å²) in [5.74, 6) is 0.105. The number of imidazole rings is 1. The van der Waals surface area contributed by atoms with E-state index in [2.05, 4.69) is 33.5 Å². The largest absolute Gasteiger partial charge is 0.481 e. The van der Waals surface area contributed by atoms with Gasteiger partial charge in [-0.25, -0.2) is 4.98 Å². The molecule has 0 radical (unpaired) electrons. The Labute approximate surface area is 142 Å². The Morgan fingerprint density at radius 1 is 1.25 bits per heavy atom. The third-order valence-electron chi connectivity index (χ3n) is 5.10. The Hall–Kier alpha value is -2.14. The molecule has 1 fully saturated rings. The molecular weight excluding hydrogens is 302 g/mol. The van der Waals surface area contributed by atoms with Crippen LogP contribution in [0.4, 0.5) is 0 Å². The second kappa shape index (κ2) is 7.18. The van der Waals surface area contributed by atoms with E-state index in [1.807, 2.05) is 31.5 Å². The second-order valence-corrected chi connectivity index (χ2v) is 6.69. The minimum Gasteiger partial charge on any atom is -0.481 e. The van der Waals surface area contributed by atoms with Crippen molar-refractivity contribution >= 4 is 5.97 Å². The summed E-state index contributed by atoms with van der Waals surface area (Å²) in [5, 5.41) is 9.63. The molecule has 1 N–H and O–H groups in total. The Balaban J connectivity index is 1.64. The summed E-state index contributed by atoms with van der Waals surface area (Å²) in [6.45, 7) is 7.38. The van der Waals surface area contributed by atoms with E-state index in [0.29, 0.717) is 6.54 Å². The Morgan fingerprint density at radius 3 is 2.71 bits per heavy atom. The molecule has 2 atom stereocenters. The molecule has 3 rings (SSSR count). The van der Waals surface area contributed by atoms with Gasteiger partial charge in [0.1, 0.15) is 5.82 Å². The van der Waals surface area contributed by atoms with Crippen molar-refractivity contribution in [2.24, 2.45) is 5.92 Å². The summed E-state index contributed by atoms with van der Waals surface area (Å²) in [4.78, 5) is 18.2. The summed E-state index contributed by atoms with van der Waals surface area (Å²) in [5.41, 5.74) is 2.36. The summed E-state index contributed by atoms with van der Waals surface area (Å²) in [7, 11) is 0. The molecule has 1 aliphatic rings. The van der Waals surface area contributed by atoms with Gasteiger partial charge in [-0.3, -0.25) is 4.79 Å². The van der Waals surface area contributed by atoms with Gasteiger partial charge in [-0.05, 0) is 37.9 Å². The quantitative estimate of drug-likeness (QED) is 0.886. The molecule has 128 valence electrons. The Bertz CT molecular complexity index is 710. The van der Waals surface area contributed by atoms with Crippen LogP contribution in [-0.2, 0) is 11.3 Å². The number of nitrogens with zero attached hydrogens (tertiary/aromatic N) is 3. The van der Waals surface area contributed by atoms with Crippen molar-refractivity contribution in [2.45, 2.75) is 32.7 Å². The Morgan fingerprint density at radius 2 is 2.04 bits per heavy atom. The maximum atomic E-state index is 11.7. The molecular formula is C19H25N3O2. The highest BCUT2D eigenvalue weighted by Crippen LogP contribution is 2.34. The average molecular weight is 327 g/mol. The fraction of sp³-hybridized carbons (Fsp3) is 0.474. The number of carboxylic acid groups (broad SMARTS) is 1. The average Bonchev–Trinajstić information content (AvgIpc) is 3.15. The van der Waals surface area contributed by atoms with Crippen molar-refractivity contribution in [3.05, 3.63) is 53.6 Å². The predicted molar refractivity (Wildman–Crippen MR) is 93.1 cm³/mol. The van der Waals surface area contributed by atoms with E-state index in [0.717, 1.165) is 31.9 Å². The van der Waals surface area contributed by atoms with Gasteiger partial charge in [-0.1, -0.05) is 24.3 Å². The number of rotatable bonds is 6. The standard InChI is InChI=1S/C19H25N3O2/c1-14-6-3-4-7-16(14)17-12-21(13-18(17)19(23)24)9-5-10-22-11-8-20-15(22)2/h3-4,6-8,11,17-18H,5,9-10,12-13H2,1-2H3,(H,23,24)/t17-,18+/m1/s1. The monoisotopic (exact) mass is 327 g/mol. The van der Waals surface area contributed by atoms with Gasteiger partial charge in [-0.15, -0.1) is 0 Å². The lowest BCUT2D eigenvalue weighted by Crippen LogP contribution is -2.25. The highest BCUT2D eigenvalue weighted by Gasteiger charge is 2.38.